The molecule has 0 radical (unpaired) electrons. The number of halogens is 1. The number of ether oxygens (including phenoxy) is 1. The average molecular weight is 375 g/mol. The topological polar surface area (TPSA) is 9.23 Å². The van der Waals surface area contributed by atoms with E-state index in [9.17, 15) is 0 Å². The smallest absolute Gasteiger partial charge is 0.123 e. The van der Waals surface area contributed by atoms with Crippen molar-refractivity contribution in [3.8, 4) is 5.75 Å². The zero-order chi connectivity index (χ0) is 16.6. The summed E-state index contributed by atoms with van der Waals surface area (Å²) in [5.74, 6) is 1.89. The van der Waals surface area contributed by atoms with Crippen molar-refractivity contribution in [2.24, 2.45) is 11.3 Å². The summed E-state index contributed by atoms with van der Waals surface area (Å²) in [4.78, 5) is 0. The Morgan fingerprint density at radius 1 is 1.00 bits per heavy atom. The molecule has 3 rings (SSSR count). The third-order valence-corrected chi connectivity index (χ3v) is 5.89. The van der Waals surface area contributed by atoms with Gasteiger partial charge in [-0.3, -0.25) is 0 Å². The Morgan fingerprint density at radius 2 is 1.70 bits per heavy atom. The third-order valence-electron chi connectivity index (χ3n) is 5.39. The van der Waals surface area contributed by atoms with Crippen LogP contribution >= 0.6 is 15.9 Å². The first kappa shape index (κ1) is 16.8. The number of fused-ring (bicyclic) bond motifs is 1. The molecule has 1 saturated carbocycles. The van der Waals surface area contributed by atoms with Gasteiger partial charge in [0.25, 0.3) is 0 Å². The molecule has 0 aliphatic heterocycles. The van der Waals surface area contributed by atoms with Gasteiger partial charge in [0.15, 0.2) is 0 Å². The van der Waals surface area contributed by atoms with Gasteiger partial charge in [0, 0.05) is 4.47 Å². The van der Waals surface area contributed by atoms with E-state index in [-0.39, 0.29) is 0 Å². The van der Waals surface area contributed by atoms with Crippen molar-refractivity contribution < 1.29 is 4.74 Å². The maximum Gasteiger partial charge on any atom is 0.123 e. The Bertz CT molecular complexity index is 691. The summed E-state index contributed by atoms with van der Waals surface area (Å²) < 4.78 is 7.50. The van der Waals surface area contributed by atoms with Crippen LogP contribution in [-0.4, -0.2) is 6.10 Å². The second-order valence-corrected chi connectivity index (χ2v) is 8.93. The zero-order valence-corrected chi connectivity index (χ0v) is 16.2. The van der Waals surface area contributed by atoms with E-state index in [1.54, 1.807) is 0 Å². The predicted octanol–water partition coefficient (Wildman–Crippen LogP) is 6.89. The van der Waals surface area contributed by atoms with Crippen LogP contribution < -0.4 is 4.74 Å². The van der Waals surface area contributed by atoms with Crippen molar-refractivity contribution in [2.45, 2.75) is 59.5 Å². The van der Waals surface area contributed by atoms with Crippen molar-refractivity contribution in [3.05, 3.63) is 40.4 Å². The van der Waals surface area contributed by atoms with Crippen molar-refractivity contribution in [2.75, 3.05) is 0 Å². The van der Waals surface area contributed by atoms with Crippen LogP contribution in [0.2, 0.25) is 0 Å². The summed E-state index contributed by atoms with van der Waals surface area (Å²) in [7, 11) is 0. The number of hydrogen-bond acceptors (Lipinski definition) is 1. The Labute approximate surface area is 148 Å². The Hall–Kier alpha value is -1.02. The van der Waals surface area contributed by atoms with Gasteiger partial charge in [-0.1, -0.05) is 48.8 Å². The highest BCUT2D eigenvalue weighted by Gasteiger charge is 2.30. The van der Waals surface area contributed by atoms with E-state index in [0.29, 0.717) is 11.5 Å². The minimum absolute atomic E-state index is 0.375. The standard InChI is InChI=1S/C21H27BrO/c1-14-19-11-8-17(22)13-15(19)5-12-20(14)23-18-9-6-16(7-10-18)21(2,3)4/h5,8,11-13,16,18H,6-7,9-10H2,1-4H3. The van der Waals surface area contributed by atoms with E-state index in [0.717, 1.165) is 16.1 Å². The molecule has 0 bridgehead atoms. The third kappa shape index (κ3) is 3.74. The van der Waals surface area contributed by atoms with E-state index in [1.165, 1.54) is 42.0 Å². The lowest BCUT2D eigenvalue weighted by atomic mass is 9.72. The molecule has 0 spiro atoms. The summed E-state index contributed by atoms with van der Waals surface area (Å²) in [5, 5.41) is 2.55. The Morgan fingerprint density at radius 3 is 2.35 bits per heavy atom. The molecule has 1 nitrogen and oxygen atoms in total. The largest absolute Gasteiger partial charge is 0.490 e. The van der Waals surface area contributed by atoms with Crippen molar-refractivity contribution in [1.82, 2.24) is 0 Å². The average Bonchev–Trinajstić information content (AvgIpc) is 2.50. The lowest BCUT2D eigenvalue weighted by Crippen LogP contribution is -2.30. The van der Waals surface area contributed by atoms with Crippen molar-refractivity contribution in [1.29, 1.82) is 0 Å². The lowest BCUT2D eigenvalue weighted by molar-refractivity contribution is 0.0878. The molecule has 23 heavy (non-hydrogen) atoms. The normalized spacial score (nSPS) is 22.3. The second-order valence-electron chi connectivity index (χ2n) is 8.01. The summed E-state index contributed by atoms with van der Waals surface area (Å²) >= 11 is 3.55. The molecule has 0 aromatic heterocycles. The van der Waals surface area contributed by atoms with Crippen LogP contribution in [-0.2, 0) is 0 Å². The molecule has 0 saturated heterocycles. The first-order valence-electron chi connectivity index (χ1n) is 8.70. The van der Waals surface area contributed by atoms with Crippen LogP contribution in [0.5, 0.6) is 5.75 Å². The molecule has 124 valence electrons. The van der Waals surface area contributed by atoms with Gasteiger partial charge in [-0.15, -0.1) is 0 Å². The van der Waals surface area contributed by atoms with E-state index < -0.39 is 0 Å². The molecule has 1 aliphatic rings. The first-order chi connectivity index (χ1) is 10.8. The molecule has 2 aromatic carbocycles. The van der Waals surface area contributed by atoms with Gasteiger partial charge in [-0.25, -0.2) is 0 Å². The highest BCUT2D eigenvalue weighted by Crippen LogP contribution is 2.39. The van der Waals surface area contributed by atoms with Crippen LogP contribution in [0.1, 0.15) is 52.0 Å². The Kier molecular flexibility index (Phi) is 4.73. The van der Waals surface area contributed by atoms with E-state index in [4.69, 9.17) is 4.74 Å². The second kappa shape index (κ2) is 6.47. The molecule has 0 atom stereocenters. The molecule has 1 aliphatic carbocycles. The van der Waals surface area contributed by atoms with Gasteiger partial charge in [0.05, 0.1) is 6.10 Å². The summed E-state index contributed by atoms with van der Waals surface area (Å²) in [5.41, 5.74) is 1.69. The molecule has 2 heteroatoms. The zero-order valence-electron chi connectivity index (χ0n) is 14.7. The van der Waals surface area contributed by atoms with Gasteiger partial charge in [0.2, 0.25) is 0 Å². The maximum atomic E-state index is 6.37. The summed E-state index contributed by atoms with van der Waals surface area (Å²) in [6.07, 6.45) is 5.31. The van der Waals surface area contributed by atoms with Gasteiger partial charge in [0.1, 0.15) is 5.75 Å². The van der Waals surface area contributed by atoms with Gasteiger partial charge >= 0.3 is 0 Å². The van der Waals surface area contributed by atoms with Gasteiger partial charge in [-0.05, 0) is 78.5 Å². The molecular formula is C21H27BrO. The van der Waals surface area contributed by atoms with E-state index in [2.05, 4.69) is 74.0 Å². The number of rotatable bonds is 2. The fourth-order valence-electron chi connectivity index (χ4n) is 3.79. The molecule has 2 aromatic rings. The van der Waals surface area contributed by atoms with Gasteiger partial charge < -0.3 is 4.74 Å². The summed E-state index contributed by atoms with van der Waals surface area (Å²) in [6, 6.07) is 10.8. The minimum atomic E-state index is 0.375. The van der Waals surface area contributed by atoms with Crippen molar-refractivity contribution >= 4 is 26.7 Å². The Balaban J connectivity index is 1.73. The molecule has 0 unspecified atom stereocenters. The van der Waals surface area contributed by atoms with E-state index in [1.807, 2.05) is 0 Å². The monoisotopic (exact) mass is 374 g/mol. The SMILES string of the molecule is Cc1c(OC2CCC(C(C)(C)C)CC2)ccc2cc(Br)ccc12. The maximum absolute atomic E-state index is 6.37. The van der Waals surface area contributed by atoms with Crippen molar-refractivity contribution in [3.63, 3.8) is 0 Å². The number of benzene rings is 2. The molecular weight excluding hydrogens is 348 g/mol. The molecule has 0 N–H and O–H groups in total. The quantitative estimate of drug-likeness (QED) is 0.555. The van der Waals surface area contributed by atoms with E-state index >= 15 is 0 Å². The van der Waals surface area contributed by atoms with Crippen LogP contribution in [0.15, 0.2) is 34.8 Å². The van der Waals surface area contributed by atoms with Crippen LogP contribution in [0, 0.1) is 18.3 Å². The highest BCUT2D eigenvalue weighted by atomic mass is 79.9. The molecule has 1 fully saturated rings. The fraction of sp³-hybridized carbons (Fsp3) is 0.524. The van der Waals surface area contributed by atoms with Crippen LogP contribution in [0.3, 0.4) is 0 Å². The minimum Gasteiger partial charge on any atom is -0.490 e. The molecule has 0 amide bonds. The number of hydrogen-bond donors (Lipinski definition) is 0. The first-order valence-corrected chi connectivity index (χ1v) is 9.49. The lowest BCUT2D eigenvalue weighted by Gasteiger charge is -2.37. The summed E-state index contributed by atoms with van der Waals surface area (Å²) in [6.45, 7) is 9.27. The predicted molar refractivity (Wildman–Crippen MR) is 102 cm³/mol. The fourth-order valence-corrected chi connectivity index (χ4v) is 4.17. The highest BCUT2D eigenvalue weighted by molar-refractivity contribution is 9.10. The van der Waals surface area contributed by atoms with Crippen LogP contribution in [0.4, 0.5) is 0 Å². The van der Waals surface area contributed by atoms with Crippen LogP contribution in [0.25, 0.3) is 10.8 Å². The van der Waals surface area contributed by atoms with Gasteiger partial charge in [-0.2, -0.15) is 0 Å². The molecule has 0 heterocycles. The number of aryl methyl sites for hydroxylation is 1.